The number of nitrogens with zero attached hydrogens (tertiary/aromatic N) is 9. The molecule has 1 atom stereocenters. The molecule has 18 nitrogen and oxygen atoms in total. The summed E-state index contributed by atoms with van der Waals surface area (Å²) in [6, 6.07) is 7.58. The average molecular weight is 641 g/mol. The second-order valence-corrected chi connectivity index (χ2v) is 11.0. The monoisotopic (exact) mass is 640 g/mol. The predicted molar refractivity (Wildman–Crippen MR) is 161 cm³/mol. The maximum absolute atomic E-state index is 13.7. The first-order valence-corrected chi connectivity index (χ1v) is 14.4. The highest BCUT2D eigenvalue weighted by Crippen LogP contribution is 2.31. The first kappa shape index (κ1) is 31.6. The Morgan fingerprint density at radius 3 is 2.58 bits per heavy atom. The van der Waals surface area contributed by atoms with E-state index < -0.39 is 17.7 Å². The van der Waals surface area contributed by atoms with Crippen molar-refractivity contribution in [1.29, 1.82) is 0 Å². The second-order valence-electron chi connectivity index (χ2n) is 10.6. The number of ether oxygens (including phenoxy) is 1. The third kappa shape index (κ3) is 6.68. The number of hydrogen-bond donors (Lipinski definition) is 5. The van der Waals surface area contributed by atoms with Gasteiger partial charge in [0.25, 0.3) is 11.8 Å². The number of piperidine rings is 1. The summed E-state index contributed by atoms with van der Waals surface area (Å²) in [5, 5.41) is 21.7. The lowest BCUT2D eigenvalue weighted by molar-refractivity contribution is -0.140. The molecule has 1 unspecified atom stereocenters. The van der Waals surface area contributed by atoms with Crippen molar-refractivity contribution in [1.82, 2.24) is 35.1 Å². The average Bonchev–Trinajstić information content (AvgIpc) is 3.58. The molecule has 0 saturated carbocycles. The van der Waals surface area contributed by atoms with Crippen LogP contribution in [0.4, 0.5) is 11.6 Å². The zero-order chi connectivity index (χ0) is 32.1. The van der Waals surface area contributed by atoms with Gasteiger partial charge < -0.3 is 31.2 Å². The third-order valence-corrected chi connectivity index (χ3v) is 8.18. The normalized spacial score (nSPS) is 18.4. The molecule has 2 aliphatic heterocycles. The molecular formula is C26H33ClN14O4. The number of nitrogens with two attached hydrogens (primary N) is 3. The van der Waals surface area contributed by atoms with Crippen LogP contribution in [0.3, 0.4) is 0 Å². The standard InChI is InChI=1S/C26H33ClN14O4/c1-45-18(42)6-3-10-39-11-7-15-16(4-2-5-17(15)39)24(44)40-12-8-26(9-13-40)14-41(30)25(34-26)33-23(43)19-21(35-37-28)32-22(36-38-29)20(27)31-19/h2,4-5,7,11,25,34H,3,6,8-10,12-14,30H2,1H3,(H,33,43)(H4,28,29,32,35,36). The molecule has 19 heteroatoms. The number of methoxy groups -OCH3 is 1. The summed E-state index contributed by atoms with van der Waals surface area (Å²) in [6.07, 6.45) is 3.31. The molecule has 5 rings (SSSR count). The predicted octanol–water partition coefficient (Wildman–Crippen LogP) is 1.42. The minimum absolute atomic E-state index is 0.0649. The van der Waals surface area contributed by atoms with Crippen molar-refractivity contribution < 1.29 is 19.1 Å². The molecule has 4 heterocycles. The van der Waals surface area contributed by atoms with E-state index in [1.165, 1.54) is 12.1 Å². The van der Waals surface area contributed by atoms with E-state index in [2.05, 4.69) is 41.3 Å². The number of aryl methyl sites for hydroxylation is 1. The van der Waals surface area contributed by atoms with E-state index in [4.69, 9.17) is 33.9 Å². The van der Waals surface area contributed by atoms with Crippen molar-refractivity contribution in [3.8, 4) is 0 Å². The van der Waals surface area contributed by atoms with Gasteiger partial charge in [-0.2, -0.15) is 0 Å². The van der Waals surface area contributed by atoms with Gasteiger partial charge in [0.05, 0.1) is 7.11 Å². The van der Waals surface area contributed by atoms with Gasteiger partial charge in [-0.3, -0.25) is 25.5 Å². The first-order valence-electron chi connectivity index (χ1n) is 14.0. The number of aromatic nitrogens is 3. The zero-order valence-corrected chi connectivity index (χ0v) is 25.1. The van der Waals surface area contributed by atoms with Gasteiger partial charge in [-0.25, -0.2) is 15.0 Å². The van der Waals surface area contributed by atoms with Crippen LogP contribution in [-0.2, 0) is 16.1 Å². The molecule has 3 aromatic rings. The lowest BCUT2D eigenvalue weighted by Crippen LogP contribution is -2.57. The van der Waals surface area contributed by atoms with Crippen LogP contribution in [0.1, 0.15) is 46.5 Å². The Labute approximate surface area is 261 Å². The van der Waals surface area contributed by atoms with Gasteiger partial charge in [-0.1, -0.05) is 28.1 Å². The minimum atomic E-state index is -0.765. The van der Waals surface area contributed by atoms with E-state index in [9.17, 15) is 14.4 Å². The highest BCUT2D eigenvalue weighted by molar-refractivity contribution is 6.31. The third-order valence-electron chi connectivity index (χ3n) is 7.93. The van der Waals surface area contributed by atoms with Crippen LogP contribution < -0.4 is 28.2 Å². The Bertz CT molecular complexity index is 1650. The molecule has 2 fully saturated rings. The summed E-state index contributed by atoms with van der Waals surface area (Å²) in [5.74, 6) is 15.1. The molecule has 2 aromatic heterocycles. The molecule has 1 spiro atoms. The fourth-order valence-corrected chi connectivity index (χ4v) is 5.84. The number of hydrazine groups is 1. The maximum Gasteiger partial charge on any atom is 0.305 e. The Kier molecular flexibility index (Phi) is 9.47. The maximum atomic E-state index is 13.7. The molecule has 2 aliphatic rings. The largest absolute Gasteiger partial charge is 0.469 e. The number of nitrogens with one attached hydrogen (secondary N) is 2. The van der Waals surface area contributed by atoms with Gasteiger partial charge in [-0.05, 0) is 37.5 Å². The quantitative estimate of drug-likeness (QED) is 0.0967. The van der Waals surface area contributed by atoms with E-state index in [0.717, 1.165) is 10.9 Å². The summed E-state index contributed by atoms with van der Waals surface area (Å²) >= 11 is 6.07. The number of carbonyl (C=O) groups is 3. The van der Waals surface area contributed by atoms with E-state index in [1.54, 1.807) is 0 Å². The van der Waals surface area contributed by atoms with Gasteiger partial charge in [0.2, 0.25) is 11.6 Å². The van der Waals surface area contributed by atoms with Crippen LogP contribution in [0.2, 0.25) is 5.15 Å². The van der Waals surface area contributed by atoms with Crippen molar-refractivity contribution in [2.45, 2.75) is 44.1 Å². The minimum Gasteiger partial charge on any atom is -0.469 e. The van der Waals surface area contributed by atoms with Crippen LogP contribution in [-0.4, -0.2) is 80.8 Å². The lowest BCUT2D eigenvalue weighted by Gasteiger charge is -2.39. The van der Waals surface area contributed by atoms with E-state index in [0.29, 0.717) is 57.4 Å². The van der Waals surface area contributed by atoms with Gasteiger partial charge in [0, 0.05) is 60.8 Å². The topological polar surface area (TPSA) is 249 Å². The van der Waals surface area contributed by atoms with Gasteiger partial charge in [0.15, 0.2) is 10.8 Å². The van der Waals surface area contributed by atoms with Crippen molar-refractivity contribution >= 4 is 51.9 Å². The van der Waals surface area contributed by atoms with Crippen LogP contribution in [0.25, 0.3) is 10.9 Å². The molecule has 2 amide bonds. The summed E-state index contributed by atoms with van der Waals surface area (Å²) in [6.45, 7) is 2.01. The molecule has 0 radical (unpaired) electrons. The number of amides is 2. The van der Waals surface area contributed by atoms with E-state index >= 15 is 0 Å². The van der Waals surface area contributed by atoms with Crippen molar-refractivity contribution in [3.63, 3.8) is 0 Å². The molecule has 0 aliphatic carbocycles. The molecule has 1 aromatic carbocycles. The van der Waals surface area contributed by atoms with Crippen LogP contribution >= 0.6 is 11.6 Å². The second kappa shape index (κ2) is 13.5. The first-order chi connectivity index (χ1) is 21.7. The fourth-order valence-electron chi connectivity index (χ4n) is 5.67. The fraction of sp³-hybridized carbons (Fsp3) is 0.423. The van der Waals surface area contributed by atoms with Crippen molar-refractivity contribution in [2.75, 3.05) is 26.7 Å². The van der Waals surface area contributed by atoms with Crippen molar-refractivity contribution in [3.05, 3.63) is 46.9 Å². The molecule has 0 bridgehead atoms. The summed E-state index contributed by atoms with van der Waals surface area (Å²) in [7, 11) is 1.37. The number of hydrogen-bond acceptors (Lipinski definition) is 13. The SMILES string of the molecule is COC(=O)CCCn1ccc2c(C(=O)N3CCC4(CC3)CN(N)C(NC(=O)c3nc(Cl)c(N=NN)nc3N=NN)N4)cccc21. The number of carbonyl (C=O) groups excluding carboxylic acids is 3. The smallest absolute Gasteiger partial charge is 0.305 e. The highest BCUT2D eigenvalue weighted by atomic mass is 35.5. The van der Waals surface area contributed by atoms with Gasteiger partial charge in [-0.15, -0.1) is 10.2 Å². The number of likely N-dealkylation sites (tertiary alicyclic amines) is 1. The molecule has 238 valence electrons. The van der Waals surface area contributed by atoms with E-state index in [-0.39, 0.29) is 34.4 Å². The molecule has 8 N–H and O–H groups in total. The lowest BCUT2D eigenvalue weighted by atomic mass is 9.88. The number of benzene rings is 1. The van der Waals surface area contributed by atoms with Gasteiger partial charge in [0.1, 0.15) is 6.29 Å². The van der Waals surface area contributed by atoms with Crippen molar-refractivity contribution in [2.24, 2.45) is 38.2 Å². The Morgan fingerprint density at radius 1 is 1.13 bits per heavy atom. The Morgan fingerprint density at radius 2 is 1.87 bits per heavy atom. The van der Waals surface area contributed by atoms with Crippen LogP contribution in [0, 0.1) is 0 Å². The number of fused-ring (bicyclic) bond motifs is 1. The molecule has 2 saturated heterocycles. The van der Waals surface area contributed by atoms with Crippen LogP contribution in [0.15, 0.2) is 51.1 Å². The Hall–Kier alpha value is -4.78. The van der Waals surface area contributed by atoms with E-state index in [1.807, 2.05) is 39.9 Å². The zero-order valence-electron chi connectivity index (χ0n) is 24.4. The molecule has 45 heavy (non-hydrogen) atoms. The Balaban J connectivity index is 1.22. The molecular weight excluding hydrogens is 608 g/mol. The number of esters is 1. The van der Waals surface area contributed by atoms with Crippen LogP contribution in [0.5, 0.6) is 0 Å². The summed E-state index contributed by atoms with van der Waals surface area (Å²) < 4.78 is 6.76. The number of rotatable bonds is 9. The van der Waals surface area contributed by atoms with Gasteiger partial charge >= 0.3 is 5.97 Å². The summed E-state index contributed by atoms with van der Waals surface area (Å²) in [5.41, 5.74) is 0.833. The highest BCUT2D eigenvalue weighted by Gasteiger charge is 2.45. The summed E-state index contributed by atoms with van der Waals surface area (Å²) in [4.78, 5) is 48.1. The number of halogens is 1.